The van der Waals surface area contributed by atoms with Gasteiger partial charge in [0.1, 0.15) is 0 Å². The zero-order valence-corrected chi connectivity index (χ0v) is 22.7. The normalized spacial score (nSPS) is 33.7. The zero-order chi connectivity index (χ0) is 28.0. The van der Waals surface area contributed by atoms with E-state index < -0.39 is 62.7 Å². The molecule has 0 aromatic heterocycles. The van der Waals surface area contributed by atoms with Gasteiger partial charge < -0.3 is 5.11 Å². The average molecular weight is 571 g/mol. The number of likely N-dealkylation sites (tertiary alicyclic amines) is 1. The number of imide groups is 2. The lowest BCUT2D eigenvalue weighted by molar-refractivity contribution is -0.138. The molecule has 2 heterocycles. The molecule has 0 spiro atoms. The van der Waals surface area contributed by atoms with Crippen LogP contribution in [0.2, 0.25) is 0 Å². The van der Waals surface area contributed by atoms with E-state index in [1.807, 2.05) is 19.1 Å². The van der Waals surface area contributed by atoms with Gasteiger partial charge in [-0.15, -0.1) is 23.2 Å². The molecule has 2 aromatic carbocycles. The summed E-state index contributed by atoms with van der Waals surface area (Å²) in [5, 5.41) is 9.80. The Morgan fingerprint density at radius 1 is 1.00 bits per heavy atom. The Labute approximate surface area is 234 Å². The Morgan fingerprint density at radius 2 is 1.69 bits per heavy atom. The molecule has 39 heavy (non-hydrogen) atoms. The van der Waals surface area contributed by atoms with Crippen LogP contribution >= 0.6 is 23.2 Å². The quantitative estimate of drug-likeness (QED) is 0.337. The Kier molecular flexibility index (Phi) is 5.76. The number of hydrogen-bond donors (Lipinski definition) is 1. The molecular formula is C29H25Cl2FN2O5. The van der Waals surface area contributed by atoms with E-state index in [0.717, 1.165) is 29.0 Å². The summed E-state index contributed by atoms with van der Waals surface area (Å²) in [7, 11) is 1.29. The number of alkyl halides is 2. The minimum atomic E-state index is -2.00. The van der Waals surface area contributed by atoms with E-state index in [-0.39, 0.29) is 24.3 Å². The van der Waals surface area contributed by atoms with E-state index in [2.05, 4.69) is 0 Å². The number of phenolic OH excluding ortho intramolecular Hbond substituents is 1. The Balaban J connectivity index is 1.49. The summed E-state index contributed by atoms with van der Waals surface area (Å²) in [6, 6.07) is 10.9. The first kappa shape index (κ1) is 26.0. The molecule has 0 unspecified atom stereocenters. The number of hydrogen-bond acceptors (Lipinski definition) is 5. The van der Waals surface area contributed by atoms with E-state index in [4.69, 9.17) is 23.2 Å². The van der Waals surface area contributed by atoms with Crippen LogP contribution in [0.25, 0.3) is 0 Å². The van der Waals surface area contributed by atoms with Gasteiger partial charge in [-0.2, -0.15) is 0 Å². The second kappa shape index (κ2) is 8.63. The SMILES string of the molecule is CCc1ccc(N2C(=O)[C@H]3[C@H](CC=C4[C@H]3C[C@@]3(Cl)C(=O)N(C)C(=O)[C@@]3(Cl)[C@H]4c3ccc(O)c(F)c3)C2=O)cc1. The molecule has 4 amide bonds. The van der Waals surface area contributed by atoms with E-state index in [1.165, 1.54) is 18.0 Å². The fourth-order valence-electron chi connectivity index (χ4n) is 6.96. The van der Waals surface area contributed by atoms with Gasteiger partial charge in [-0.1, -0.05) is 36.8 Å². The third kappa shape index (κ3) is 3.28. The minimum Gasteiger partial charge on any atom is -0.505 e. The van der Waals surface area contributed by atoms with Crippen molar-refractivity contribution in [2.75, 3.05) is 11.9 Å². The number of fused-ring (bicyclic) bond motifs is 4. The van der Waals surface area contributed by atoms with Gasteiger partial charge in [0, 0.05) is 13.0 Å². The number of carbonyl (C=O) groups excluding carboxylic acids is 4. The van der Waals surface area contributed by atoms with Gasteiger partial charge >= 0.3 is 0 Å². The Morgan fingerprint density at radius 3 is 2.33 bits per heavy atom. The van der Waals surface area contributed by atoms with Crippen molar-refractivity contribution in [3.8, 4) is 5.75 Å². The highest BCUT2D eigenvalue weighted by molar-refractivity contribution is 6.53. The molecule has 6 rings (SSSR count). The van der Waals surface area contributed by atoms with Crippen molar-refractivity contribution in [1.82, 2.24) is 4.90 Å². The first-order valence-electron chi connectivity index (χ1n) is 12.8. The molecule has 202 valence electrons. The maximum absolute atomic E-state index is 14.6. The molecule has 2 aliphatic heterocycles. The molecule has 2 saturated heterocycles. The fraction of sp³-hybridized carbons (Fsp3) is 0.379. The predicted molar refractivity (Wildman–Crippen MR) is 142 cm³/mol. The van der Waals surface area contributed by atoms with Crippen LogP contribution in [0, 0.1) is 23.6 Å². The highest BCUT2D eigenvalue weighted by Crippen LogP contribution is 2.65. The summed E-state index contributed by atoms with van der Waals surface area (Å²) in [5.41, 5.74) is 2.32. The van der Waals surface area contributed by atoms with Crippen LogP contribution in [0.4, 0.5) is 10.1 Å². The number of aryl methyl sites for hydroxylation is 1. The lowest BCUT2D eigenvalue weighted by atomic mass is 9.56. The number of rotatable bonds is 3. The van der Waals surface area contributed by atoms with Gasteiger partial charge in [0.15, 0.2) is 21.3 Å². The van der Waals surface area contributed by atoms with Crippen LogP contribution in [-0.2, 0) is 25.6 Å². The summed E-state index contributed by atoms with van der Waals surface area (Å²) < 4.78 is 14.6. The lowest BCUT2D eigenvalue weighted by Gasteiger charge is -2.50. The Bertz CT molecular complexity index is 1490. The maximum atomic E-state index is 14.6. The summed E-state index contributed by atoms with van der Waals surface area (Å²) in [6.07, 6.45) is 2.66. The van der Waals surface area contributed by atoms with Crippen molar-refractivity contribution in [3.63, 3.8) is 0 Å². The van der Waals surface area contributed by atoms with Gasteiger partial charge in [-0.25, -0.2) is 4.39 Å². The number of halogens is 3. The van der Waals surface area contributed by atoms with Gasteiger partial charge in [0.05, 0.1) is 17.5 Å². The number of allylic oxidation sites excluding steroid dienone is 2. The molecule has 0 bridgehead atoms. The smallest absolute Gasteiger partial charge is 0.253 e. The number of phenols is 1. The minimum absolute atomic E-state index is 0.140. The fourth-order valence-corrected chi connectivity index (χ4v) is 7.98. The predicted octanol–water partition coefficient (Wildman–Crippen LogP) is 4.29. The second-order valence-electron chi connectivity index (χ2n) is 10.7. The first-order chi connectivity index (χ1) is 18.5. The summed E-state index contributed by atoms with van der Waals surface area (Å²) in [6.45, 7) is 2.01. The number of aromatic hydroxyl groups is 1. The standard InChI is InChI=1S/C29H25Cl2FN2O5/c1-3-14-4-7-16(8-5-14)34-24(36)18-10-9-17-19(22(18)25(34)37)13-28(30)26(38)33(2)27(39)29(28,31)23(17)15-6-11-21(35)20(32)12-15/h4-9,11-12,18-19,22-23,35H,3,10,13H2,1-2H3/t18-,19+,22-,23-,28+,29-/m0/s1. The number of carbonyl (C=O) groups is 4. The van der Waals surface area contributed by atoms with Crippen molar-refractivity contribution >= 4 is 52.5 Å². The summed E-state index contributed by atoms with van der Waals surface area (Å²) in [5.74, 6) is -6.99. The molecule has 1 saturated carbocycles. The molecule has 2 aromatic rings. The Hall–Kier alpha value is -3.23. The largest absolute Gasteiger partial charge is 0.505 e. The van der Waals surface area contributed by atoms with Gasteiger partial charge in [-0.3, -0.25) is 29.0 Å². The van der Waals surface area contributed by atoms with Gasteiger partial charge in [0.2, 0.25) is 11.8 Å². The number of anilines is 1. The van der Waals surface area contributed by atoms with E-state index in [9.17, 15) is 28.7 Å². The van der Waals surface area contributed by atoms with Crippen LogP contribution in [0.1, 0.15) is 36.8 Å². The van der Waals surface area contributed by atoms with Gasteiger partial charge in [-0.05, 0) is 60.6 Å². The average Bonchev–Trinajstić information content (AvgIpc) is 3.25. The van der Waals surface area contributed by atoms with E-state index in [0.29, 0.717) is 11.3 Å². The number of benzene rings is 2. The van der Waals surface area contributed by atoms with Crippen LogP contribution < -0.4 is 4.90 Å². The van der Waals surface area contributed by atoms with Crippen molar-refractivity contribution in [1.29, 1.82) is 0 Å². The maximum Gasteiger partial charge on any atom is 0.253 e. The molecular weight excluding hydrogens is 546 g/mol. The third-order valence-electron chi connectivity index (χ3n) is 8.92. The van der Waals surface area contributed by atoms with Crippen LogP contribution in [0.15, 0.2) is 54.1 Å². The van der Waals surface area contributed by atoms with Crippen molar-refractivity contribution < 1.29 is 28.7 Å². The zero-order valence-electron chi connectivity index (χ0n) is 21.2. The highest BCUT2D eigenvalue weighted by Gasteiger charge is 2.75. The molecule has 3 fully saturated rings. The third-order valence-corrected chi connectivity index (χ3v) is 10.3. The number of nitrogens with zero attached hydrogens (tertiary/aromatic N) is 2. The highest BCUT2D eigenvalue weighted by atomic mass is 35.5. The van der Waals surface area contributed by atoms with Crippen LogP contribution in [-0.4, -0.2) is 50.4 Å². The van der Waals surface area contributed by atoms with Crippen molar-refractivity contribution in [2.24, 2.45) is 17.8 Å². The van der Waals surface area contributed by atoms with E-state index >= 15 is 0 Å². The van der Waals surface area contributed by atoms with Crippen molar-refractivity contribution in [3.05, 3.63) is 71.1 Å². The molecule has 4 aliphatic rings. The molecule has 10 heteroatoms. The summed E-state index contributed by atoms with van der Waals surface area (Å²) in [4.78, 5) is 52.6. The molecule has 1 N–H and O–H groups in total. The molecule has 7 nitrogen and oxygen atoms in total. The van der Waals surface area contributed by atoms with Crippen LogP contribution in [0.5, 0.6) is 5.75 Å². The monoisotopic (exact) mass is 570 g/mol. The molecule has 2 aliphatic carbocycles. The lowest BCUT2D eigenvalue weighted by Crippen LogP contribution is -2.60. The molecule has 6 atom stereocenters. The topological polar surface area (TPSA) is 95.0 Å². The molecule has 0 radical (unpaired) electrons. The number of amides is 4. The van der Waals surface area contributed by atoms with E-state index in [1.54, 1.807) is 18.2 Å². The van der Waals surface area contributed by atoms with Crippen LogP contribution in [0.3, 0.4) is 0 Å². The first-order valence-corrected chi connectivity index (χ1v) is 13.6. The second-order valence-corrected chi connectivity index (χ2v) is 12.0. The van der Waals surface area contributed by atoms with Gasteiger partial charge in [0.25, 0.3) is 11.8 Å². The summed E-state index contributed by atoms with van der Waals surface area (Å²) >= 11 is 14.1. The van der Waals surface area contributed by atoms with Crippen molar-refractivity contribution in [2.45, 2.75) is 41.9 Å².